The third-order valence-corrected chi connectivity index (χ3v) is 11.4. The highest BCUT2D eigenvalue weighted by Crippen LogP contribution is 2.40. The van der Waals surface area contributed by atoms with E-state index in [2.05, 4.69) is 23.2 Å². The maximum atomic E-state index is 16.7. The van der Waals surface area contributed by atoms with Crippen LogP contribution in [0, 0.1) is 99.1 Å². The predicted octanol–water partition coefficient (Wildman–Crippen LogP) is 16.7. The first kappa shape index (κ1) is 59.5. The second-order valence-electron chi connectivity index (χ2n) is 17.0. The van der Waals surface area contributed by atoms with Gasteiger partial charge in [-0.1, -0.05) is 123 Å². The molecule has 0 fully saturated rings. The summed E-state index contributed by atoms with van der Waals surface area (Å²) in [6, 6.07) is 1.06. The van der Waals surface area contributed by atoms with Gasteiger partial charge < -0.3 is 14.0 Å². The molecule has 0 amide bonds. The molecular weight excluding hydrogens is 965 g/mol. The first-order chi connectivity index (χ1) is 33.2. The third-order valence-electron chi connectivity index (χ3n) is 11.4. The van der Waals surface area contributed by atoms with E-state index in [4.69, 9.17) is 4.65 Å². The average Bonchev–Trinajstić information content (AvgIpc) is 3.31. The van der Waals surface area contributed by atoms with Crippen molar-refractivity contribution in [3.05, 3.63) is 117 Å². The van der Waals surface area contributed by atoms with Gasteiger partial charge in [-0.2, -0.15) is 22.0 Å². The Bertz CT molecular complexity index is 2180. The van der Waals surface area contributed by atoms with Crippen LogP contribution in [0.15, 0.2) is 18.2 Å². The second kappa shape index (κ2) is 29.5. The maximum Gasteiger partial charge on any atom is 0.864 e. The number of nitrogens with zero attached hydrogens (tertiary/aromatic N) is 1. The van der Waals surface area contributed by atoms with Crippen LogP contribution in [0.2, 0.25) is 0 Å². The van der Waals surface area contributed by atoms with Crippen molar-refractivity contribution in [3.8, 4) is 17.2 Å². The van der Waals surface area contributed by atoms with Gasteiger partial charge in [0, 0.05) is 17.9 Å². The number of hydrogen-bond donors (Lipinski definition) is 0. The molecular formula is C49H56BF16NO3. The van der Waals surface area contributed by atoms with Gasteiger partial charge >= 0.3 is 7.32 Å². The summed E-state index contributed by atoms with van der Waals surface area (Å²) in [7, 11) is -1.88. The van der Waals surface area contributed by atoms with Crippen LogP contribution < -0.4 is 18.4 Å². The Morgan fingerprint density at radius 2 is 0.714 bits per heavy atom. The van der Waals surface area contributed by atoms with Crippen LogP contribution in [0.3, 0.4) is 0 Å². The molecule has 0 radical (unpaired) electrons. The Kier molecular flexibility index (Phi) is 25.1. The van der Waals surface area contributed by atoms with Crippen LogP contribution in [-0.4, -0.2) is 27.5 Å². The maximum absolute atomic E-state index is 16.7. The monoisotopic (exact) mass is 1020 g/mol. The molecule has 0 heterocycles. The number of benzene rings is 4. The quantitative estimate of drug-likeness (QED) is 0.0103. The Morgan fingerprint density at radius 3 is 1.10 bits per heavy atom. The van der Waals surface area contributed by atoms with E-state index >= 15 is 17.6 Å². The highest BCUT2D eigenvalue weighted by molar-refractivity contribution is 6.39. The van der Waals surface area contributed by atoms with Crippen LogP contribution in [-0.2, 0) is 0 Å². The Morgan fingerprint density at radius 1 is 0.371 bits per heavy atom. The molecule has 4 rings (SSSR count). The van der Waals surface area contributed by atoms with Crippen molar-refractivity contribution < 1.29 is 84.2 Å². The zero-order chi connectivity index (χ0) is 52.1. The molecule has 0 bridgehead atoms. The molecule has 0 aliphatic rings. The first-order valence-electron chi connectivity index (χ1n) is 23.3. The van der Waals surface area contributed by atoms with E-state index in [9.17, 15) is 52.7 Å². The zero-order valence-corrected chi connectivity index (χ0v) is 39.1. The number of quaternary nitrogens is 1. The van der Waals surface area contributed by atoms with E-state index in [-0.39, 0.29) is 31.3 Å². The molecule has 4 aromatic carbocycles. The van der Waals surface area contributed by atoms with Gasteiger partial charge in [-0.25, -0.2) is 43.9 Å². The molecule has 0 atom stereocenters. The standard InChI is InChI=1S/C43H55BF12NO3.C6HF4/c1-4-6-8-10-12-14-16-18-20-22-24-57(3,25-23-21-19-17-15-13-11-9-7-5-2)40-35(52)34(51)38(55)43(39(40)56)60-44(58-41-30(47)26-28(45)32(49)36(41)53)59-42-31(48)27-29(46)33(50)37(42)54;7-3-1-4(8)6(10)5(9)2-3/h26-27H,4-25H2,1-3H3;1H/q+1;-1. The summed E-state index contributed by atoms with van der Waals surface area (Å²) in [5.74, 6) is -38.2. The van der Waals surface area contributed by atoms with Crippen LogP contribution in [0.25, 0.3) is 0 Å². The fourth-order valence-electron chi connectivity index (χ4n) is 7.56. The zero-order valence-electron chi connectivity index (χ0n) is 39.1. The van der Waals surface area contributed by atoms with E-state index in [1.165, 1.54) is 13.1 Å². The van der Waals surface area contributed by atoms with Gasteiger partial charge in [-0.15, -0.1) is 6.07 Å². The van der Waals surface area contributed by atoms with Crippen molar-refractivity contribution in [1.82, 2.24) is 4.48 Å². The van der Waals surface area contributed by atoms with E-state index in [0.29, 0.717) is 25.7 Å². The molecule has 4 aromatic rings. The lowest BCUT2D eigenvalue weighted by Gasteiger charge is -2.35. The van der Waals surface area contributed by atoms with Gasteiger partial charge in [-0.05, 0) is 25.7 Å². The van der Waals surface area contributed by atoms with Crippen molar-refractivity contribution in [3.63, 3.8) is 0 Å². The fourth-order valence-corrected chi connectivity index (χ4v) is 7.56. The molecule has 0 aliphatic heterocycles. The topological polar surface area (TPSA) is 27.7 Å². The summed E-state index contributed by atoms with van der Waals surface area (Å²) in [5, 5.41) is 0. The molecule has 0 saturated heterocycles. The molecule has 390 valence electrons. The van der Waals surface area contributed by atoms with Crippen molar-refractivity contribution in [2.45, 2.75) is 142 Å². The van der Waals surface area contributed by atoms with E-state index in [1.54, 1.807) is 0 Å². The third kappa shape index (κ3) is 17.2. The molecule has 4 nitrogen and oxygen atoms in total. The van der Waals surface area contributed by atoms with E-state index in [0.717, 1.165) is 103 Å². The molecule has 0 aromatic heterocycles. The normalized spacial score (nSPS) is 11.5. The van der Waals surface area contributed by atoms with Crippen molar-refractivity contribution >= 4 is 13.0 Å². The average molecular weight is 1020 g/mol. The number of hydrogen-bond acceptors (Lipinski definition) is 3. The van der Waals surface area contributed by atoms with Gasteiger partial charge in [0.05, 0.1) is 37.6 Å². The smallest absolute Gasteiger partial charge is 0.484 e. The predicted molar refractivity (Wildman–Crippen MR) is 233 cm³/mol. The van der Waals surface area contributed by atoms with Gasteiger partial charge in [0.25, 0.3) is 0 Å². The Balaban J connectivity index is 0.00000115. The summed E-state index contributed by atoms with van der Waals surface area (Å²) < 4.78 is 239. The minimum absolute atomic E-state index is 0.0271. The van der Waals surface area contributed by atoms with Gasteiger partial charge in [0.2, 0.25) is 40.6 Å². The van der Waals surface area contributed by atoms with Crippen molar-refractivity contribution in [2.75, 3.05) is 20.1 Å². The van der Waals surface area contributed by atoms with Crippen molar-refractivity contribution in [1.29, 1.82) is 0 Å². The summed E-state index contributed by atoms with van der Waals surface area (Å²) in [6.45, 7) is 4.31. The molecule has 0 spiro atoms. The van der Waals surface area contributed by atoms with Gasteiger partial charge in [-0.3, -0.25) is 8.87 Å². The second-order valence-corrected chi connectivity index (χ2v) is 17.0. The molecule has 21 heteroatoms. The van der Waals surface area contributed by atoms with Crippen LogP contribution in [0.4, 0.5) is 75.9 Å². The number of rotatable bonds is 29. The lowest BCUT2D eigenvalue weighted by Crippen LogP contribution is -2.48. The number of unbranched alkanes of at least 4 members (excludes halogenated alkanes) is 18. The molecule has 0 aliphatic carbocycles. The minimum atomic E-state index is -3.28. The highest BCUT2D eigenvalue weighted by atomic mass is 19.2. The largest absolute Gasteiger partial charge is 0.864 e. The minimum Gasteiger partial charge on any atom is -0.484 e. The van der Waals surface area contributed by atoms with Crippen LogP contribution in [0.1, 0.15) is 142 Å². The van der Waals surface area contributed by atoms with Crippen LogP contribution in [0.5, 0.6) is 17.2 Å². The van der Waals surface area contributed by atoms with Crippen LogP contribution >= 0.6 is 0 Å². The Labute approximate surface area is 398 Å². The first-order valence-corrected chi connectivity index (χ1v) is 23.3. The van der Waals surface area contributed by atoms with E-state index in [1.807, 2.05) is 0 Å². The van der Waals surface area contributed by atoms with E-state index < -0.39 is 128 Å². The fraction of sp³-hybridized carbons (Fsp3) is 0.510. The number of halogens is 16. The molecule has 0 saturated carbocycles. The lowest BCUT2D eigenvalue weighted by atomic mass is 10.0. The van der Waals surface area contributed by atoms with Gasteiger partial charge in [0.1, 0.15) is 0 Å². The summed E-state index contributed by atoms with van der Waals surface area (Å²) in [5.41, 5.74) is -1.04. The summed E-state index contributed by atoms with van der Waals surface area (Å²) in [4.78, 5) is 0. The highest BCUT2D eigenvalue weighted by Gasteiger charge is 2.44. The van der Waals surface area contributed by atoms with Crippen molar-refractivity contribution in [2.24, 2.45) is 0 Å². The molecule has 0 unspecified atom stereocenters. The summed E-state index contributed by atoms with van der Waals surface area (Å²) >= 11 is 0. The molecule has 0 N–H and O–H groups in total. The molecule has 70 heavy (non-hydrogen) atoms. The van der Waals surface area contributed by atoms with Gasteiger partial charge in [0.15, 0.2) is 52.2 Å². The SMILES string of the molecule is CCCCCCCCCCCC[N+](C)(CCCCCCCCCCCC)c1c(F)c(F)c(F)c(OB(Oc2c(F)cc(F)c(F)c2F)Oc2c(F)cc(F)c(F)c2F)c1F.Fc1[c-]c(F)c(F)c(F)c1. The Hall–Kier alpha value is -4.82. The summed E-state index contributed by atoms with van der Waals surface area (Å²) in [6.07, 6.45) is 18.8. The lowest BCUT2D eigenvalue weighted by molar-refractivity contribution is 0.250.